The molecule has 0 saturated carbocycles. The summed E-state index contributed by atoms with van der Waals surface area (Å²) in [5.74, 6) is 0. The van der Waals surface area contributed by atoms with Gasteiger partial charge in [0.25, 0.3) is 0 Å². The summed E-state index contributed by atoms with van der Waals surface area (Å²) in [7, 11) is 0. The lowest BCUT2D eigenvalue weighted by Gasteiger charge is -2.03. The van der Waals surface area contributed by atoms with Gasteiger partial charge in [-0.2, -0.15) is 0 Å². The average molecular weight is 218 g/mol. The van der Waals surface area contributed by atoms with Crippen molar-refractivity contribution in [3.05, 3.63) is 0 Å². The Balaban J connectivity index is 2.89. The van der Waals surface area contributed by atoms with E-state index in [0.717, 1.165) is 45.3 Å². The maximum atomic E-state index is 9.99. The van der Waals surface area contributed by atoms with Crippen molar-refractivity contribution in [2.24, 2.45) is 0 Å². The van der Waals surface area contributed by atoms with Crippen molar-refractivity contribution in [1.29, 1.82) is 0 Å². The van der Waals surface area contributed by atoms with Gasteiger partial charge in [0.05, 0.1) is 6.61 Å². The normalized spacial score (nSPS) is 10.2. The molecule has 0 heterocycles. The Morgan fingerprint density at radius 2 is 1.60 bits per heavy atom. The van der Waals surface area contributed by atoms with Crippen LogP contribution in [0.3, 0.4) is 0 Å². The molecule has 0 aromatic carbocycles. The van der Waals surface area contributed by atoms with E-state index in [9.17, 15) is 4.79 Å². The van der Waals surface area contributed by atoms with E-state index >= 15 is 0 Å². The van der Waals surface area contributed by atoms with Crippen LogP contribution >= 0.6 is 0 Å². The zero-order valence-corrected chi connectivity index (χ0v) is 9.54. The molecule has 0 rings (SSSR count). The first-order valence-corrected chi connectivity index (χ1v) is 5.70. The Morgan fingerprint density at radius 1 is 1.00 bits per heavy atom. The van der Waals surface area contributed by atoms with Crippen molar-refractivity contribution >= 4 is 6.16 Å². The molecule has 0 bridgehead atoms. The molecule has 0 aliphatic carbocycles. The minimum absolute atomic E-state index is 0.312. The number of carboxylic acid groups (broad SMARTS) is 1. The lowest BCUT2D eigenvalue weighted by molar-refractivity contribution is 0.0892. The molecule has 90 valence electrons. The molecule has 0 aromatic heterocycles. The summed E-state index contributed by atoms with van der Waals surface area (Å²) in [5, 5.41) is 8.19. The minimum Gasteiger partial charge on any atom is -0.450 e. The third-order valence-corrected chi connectivity index (χ3v) is 2.05. The highest BCUT2D eigenvalue weighted by molar-refractivity contribution is 5.56. The lowest BCUT2D eigenvalue weighted by Crippen LogP contribution is -2.02. The van der Waals surface area contributed by atoms with Crippen molar-refractivity contribution in [2.75, 3.05) is 19.8 Å². The van der Waals surface area contributed by atoms with Crippen LogP contribution in [0.15, 0.2) is 0 Å². The summed E-state index contributed by atoms with van der Waals surface area (Å²) < 4.78 is 9.78. The average Bonchev–Trinajstić information content (AvgIpc) is 2.20. The van der Waals surface area contributed by atoms with Gasteiger partial charge in [0, 0.05) is 13.2 Å². The van der Waals surface area contributed by atoms with Crippen LogP contribution in [0.2, 0.25) is 0 Å². The molecule has 0 radical (unpaired) electrons. The second kappa shape index (κ2) is 11.3. The predicted octanol–water partition coefficient (Wildman–Crippen LogP) is 3.06. The van der Waals surface area contributed by atoms with Gasteiger partial charge in [-0.25, -0.2) is 4.79 Å². The molecular weight excluding hydrogens is 196 g/mol. The first-order valence-electron chi connectivity index (χ1n) is 5.70. The van der Waals surface area contributed by atoms with Crippen LogP contribution in [0.1, 0.15) is 45.4 Å². The van der Waals surface area contributed by atoms with Crippen molar-refractivity contribution in [1.82, 2.24) is 0 Å². The fourth-order valence-electron chi connectivity index (χ4n) is 1.17. The topological polar surface area (TPSA) is 55.8 Å². The Hall–Kier alpha value is -0.770. The van der Waals surface area contributed by atoms with Crippen molar-refractivity contribution in [3.63, 3.8) is 0 Å². The largest absolute Gasteiger partial charge is 0.505 e. The maximum absolute atomic E-state index is 9.99. The smallest absolute Gasteiger partial charge is 0.450 e. The van der Waals surface area contributed by atoms with Crippen LogP contribution in [0.4, 0.5) is 4.79 Å². The maximum Gasteiger partial charge on any atom is 0.505 e. The number of carbonyl (C=O) groups is 1. The molecule has 0 atom stereocenters. The molecular formula is C11H22O4. The first-order chi connectivity index (χ1) is 7.27. The number of hydrogen-bond donors (Lipinski definition) is 1. The highest BCUT2D eigenvalue weighted by Crippen LogP contribution is 2.01. The SMILES string of the molecule is CCCCOCCCCCCOC(=O)O. The van der Waals surface area contributed by atoms with E-state index in [1.807, 2.05) is 0 Å². The quantitative estimate of drug-likeness (QED) is 0.452. The van der Waals surface area contributed by atoms with E-state index in [1.165, 1.54) is 6.42 Å². The van der Waals surface area contributed by atoms with Gasteiger partial charge < -0.3 is 14.6 Å². The number of unbranched alkanes of at least 4 members (excludes halogenated alkanes) is 4. The zero-order valence-electron chi connectivity index (χ0n) is 9.54. The molecule has 4 heteroatoms. The van der Waals surface area contributed by atoms with Crippen molar-refractivity contribution < 1.29 is 19.4 Å². The van der Waals surface area contributed by atoms with Crippen LogP contribution in [0, 0.1) is 0 Å². The van der Waals surface area contributed by atoms with Gasteiger partial charge in [-0.1, -0.05) is 19.8 Å². The van der Waals surface area contributed by atoms with Crippen LogP contribution in [0.25, 0.3) is 0 Å². The first kappa shape index (κ1) is 14.2. The van der Waals surface area contributed by atoms with Gasteiger partial charge in [-0.15, -0.1) is 0 Å². The van der Waals surface area contributed by atoms with Gasteiger partial charge in [-0.05, 0) is 25.7 Å². The van der Waals surface area contributed by atoms with Gasteiger partial charge in [-0.3, -0.25) is 0 Å². The summed E-state index contributed by atoms with van der Waals surface area (Å²) >= 11 is 0. The Morgan fingerprint density at radius 3 is 2.20 bits per heavy atom. The van der Waals surface area contributed by atoms with E-state index in [4.69, 9.17) is 9.84 Å². The standard InChI is InChI=1S/C11H22O4/c1-2-3-8-14-9-6-4-5-7-10-15-11(12)13/h2-10H2,1H3,(H,12,13). The van der Waals surface area contributed by atoms with Crippen molar-refractivity contribution in [2.45, 2.75) is 45.4 Å². The highest BCUT2D eigenvalue weighted by Gasteiger charge is 1.95. The fourth-order valence-corrected chi connectivity index (χ4v) is 1.17. The minimum atomic E-state index is -1.18. The molecule has 0 aromatic rings. The second-order valence-corrected chi connectivity index (χ2v) is 3.49. The van der Waals surface area contributed by atoms with E-state index in [1.54, 1.807) is 0 Å². The fraction of sp³-hybridized carbons (Fsp3) is 0.909. The molecule has 0 saturated heterocycles. The summed E-state index contributed by atoms with van der Waals surface area (Å²) in [4.78, 5) is 9.99. The van der Waals surface area contributed by atoms with Crippen LogP contribution in [-0.4, -0.2) is 31.1 Å². The summed E-state index contributed by atoms with van der Waals surface area (Å²) in [5.41, 5.74) is 0. The Kier molecular flexibility index (Phi) is 10.7. The summed E-state index contributed by atoms with van der Waals surface area (Å²) in [6.45, 7) is 4.14. The van der Waals surface area contributed by atoms with Crippen molar-refractivity contribution in [3.8, 4) is 0 Å². The third-order valence-electron chi connectivity index (χ3n) is 2.05. The summed E-state index contributed by atoms with van der Waals surface area (Å²) in [6, 6.07) is 0. The number of hydrogen-bond acceptors (Lipinski definition) is 3. The molecule has 0 unspecified atom stereocenters. The molecule has 0 amide bonds. The van der Waals surface area contributed by atoms with Crippen LogP contribution < -0.4 is 0 Å². The molecule has 0 fully saturated rings. The third kappa shape index (κ3) is 13.2. The van der Waals surface area contributed by atoms with Crippen LogP contribution in [0.5, 0.6) is 0 Å². The van der Waals surface area contributed by atoms with Gasteiger partial charge in [0.2, 0.25) is 0 Å². The van der Waals surface area contributed by atoms with E-state index < -0.39 is 6.16 Å². The van der Waals surface area contributed by atoms with E-state index in [0.29, 0.717) is 6.61 Å². The van der Waals surface area contributed by atoms with Crippen LogP contribution in [-0.2, 0) is 9.47 Å². The number of ether oxygens (including phenoxy) is 2. The molecule has 0 aliphatic heterocycles. The van der Waals surface area contributed by atoms with Gasteiger partial charge >= 0.3 is 6.16 Å². The predicted molar refractivity (Wildman–Crippen MR) is 58.2 cm³/mol. The molecule has 15 heavy (non-hydrogen) atoms. The zero-order chi connectivity index (χ0) is 11.4. The molecule has 0 spiro atoms. The lowest BCUT2D eigenvalue weighted by atomic mass is 10.2. The number of rotatable bonds is 10. The summed E-state index contributed by atoms with van der Waals surface area (Å²) in [6.07, 6.45) is 5.06. The van der Waals surface area contributed by atoms with E-state index in [2.05, 4.69) is 11.7 Å². The Labute approximate surface area is 91.6 Å². The van der Waals surface area contributed by atoms with Gasteiger partial charge in [0.1, 0.15) is 0 Å². The van der Waals surface area contributed by atoms with E-state index in [-0.39, 0.29) is 0 Å². The highest BCUT2D eigenvalue weighted by atomic mass is 16.7. The molecule has 0 aliphatic rings. The monoisotopic (exact) mass is 218 g/mol. The second-order valence-electron chi connectivity index (χ2n) is 3.49. The molecule has 4 nitrogen and oxygen atoms in total. The van der Waals surface area contributed by atoms with Gasteiger partial charge in [0.15, 0.2) is 0 Å². The Bertz CT molecular complexity index is 148. The molecule has 1 N–H and O–H groups in total.